The second-order valence-corrected chi connectivity index (χ2v) is 2.57. The van der Waals surface area contributed by atoms with Crippen LogP contribution in [0.4, 0.5) is 17.3 Å². The van der Waals surface area contributed by atoms with Crippen LogP contribution < -0.4 is 0 Å². The topological polar surface area (TPSA) is 26.3 Å². The van der Waals surface area contributed by atoms with Gasteiger partial charge in [-0.05, 0) is 6.42 Å². The fraction of sp³-hybridized carbons (Fsp3) is 0.800. The van der Waals surface area contributed by atoms with E-state index in [1.807, 2.05) is 6.92 Å². The highest BCUT2D eigenvalue weighted by Crippen LogP contribution is 2.06. The summed E-state index contributed by atoms with van der Waals surface area (Å²) >= 11 is 3.93. The van der Waals surface area contributed by atoms with Gasteiger partial charge in [0.25, 0.3) is 0 Å². The van der Waals surface area contributed by atoms with Crippen LogP contribution in [0, 0.1) is 0 Å². The van der Waals surface area contributed by atoms with Gasteiger partial charge in [-0.15, -0.1) is 0 Å². The molecule has 0 spiro atoms. The summed E-state index contributed by atoms with van der Waals surface area (Å²) in [6, 6.07) is 0. The van der Waals surface area contributed by atoms with Crippen LogP contribution >= 0.6 is 12.6 Å². The Morgan fingerprint density at radius 1 is 1.46 bits per heavy atom. The molecule has 0 fully saturated rings. The molecule has 0 saturated carbocycles. The van der Waals surface area contributed by atoms with Gasteiger partial charge in [-0.2, -0.15) is 12.6 Å². The van der Waals surface area contributed by atoms with Crippen LogP contribution in [0.5, 0.6) is 0 Å². The van der Waals surface area contributed by atoms with Gasteiger partial charge >= 0.3 is 13.2 Å². The number of esters is 1. The number of hydrogen-bond acceptors (Lipinski definition) is 3. The van der Waals surface area contributed by atoms with Crippen LogP contribution in [0.25, 0.3) is 0 Å². The summed E-state index contributed by atoms with van der Waals surface area (Å²) in [5.41, 5.74) is 0. The van der Waals surface area contributed by atoms with Crippen molar-refractivity contribution in [2.75, 3.05) is 7.11 Å². The van der Waals surface area contributed by atoms with E-state index in [0.29, 0.717) is 0 Å². The first-order valence-corrected chi connectivity index (χ1v) is 3.87. The standard InChI is InChI=1S/C5H10O2S.BF4/c1-3-4(8)5(6)7-2;2-1(3,4)5/h4,8H,3H2,1-2H3;/q;-1. The van der Waals surface area contributed by atoms with Crippen molar-refractivity contribution in [1.29, 1.82) is 0 Å². The number of hydrogen-bond donors (Lipinski definition) is 1. The van der Waals surface area contributed by atoms with E-state index in [1.54, 1.807) is 0 Å². The largest absolute Gasteiger partial charge is 0.673 e. The first-order valence-electron chi connectivity index (χ1n) is 3.35. The van der Waals surface area contributed by atoms with Crippen molar-refractivity contribution in [2.45, 2.75) is 18.6 Å². The molecule has 80 valence electrons. The minimum atomic E-state index is -6.00. The number of carbonyl (C=O) groups excluding carboxylic acids is 1. The molecule has 0 aromatic carbocycles. The molecule has 0 amide bonds. The zero-order valence-corrected chi connectivity index (χ0v) is 8.03. The number of rotatable bonds is 2. The summed E-state index contributed by atoms with van der Waals surface area (Å²) in [6.45, 7) is 1.88. The van der Waals surface area contributed by atoms with Crippen LogP contribution in [-0.4, -0.2) is 25.6 Å². The molecular weight excluding hydrogens is 211 g/mol. The van der Waals surface area contributed by atoms with E-state index in [4.69, 9.17) is 0 Å². The summed E-state index contributed by atoms with van der Waals surface area (Å²) < 4.78 is 43.4. The molecular formula is C5H10BF4O2S-. The number of ether oxygens (including phenoxy) is 1. The van der Waals surface area contributed by atoms with E-state index >= 15 is 0 Å². The van der Waals surface area contributed by atoms with Crippen LogP contribution in [0.2, 0.25) is 0 Å². The first-order chi connectivity index (χ1) is 5.72. The van der Waals surface area contributed by atoms with Crippen molar-refractivity contribution < 1.29 is 26.8 Å². The van der Waals surface area contributed by atoms with Gasteiger partial charge < -0.3 is 22.0 Å². The molecule has 1 unspecified atom stereocenters. The Morgan fingerprint density at radius 2 is 1.77 bits per heavy atom. The molecule has 0 aliphatic heterocycles. The molecule has 8 heteroatoms. The lowest BCUT2D eigenvalue weighted by Gasteiger charge is -2.02. The molecule has 0 saturated heterocycles. The molecule has 2 nitrogen and oxygen atoms in total. The third-order valence-corrected chi connectivity index (χ3v) is 1.44. The number of halogens is 4. The summed E-state index contributed by atoms with van der Waals surface area (Å²) in [4.78, 5) is 10.4. The summed E-state index contributed by atoms with van der Waals surface area (Å²) in [6.07, 6.45) is 0.718. The van der Waals surface area contributed by atoms with E-state index in [1.165, 1.54) is 7.11 Å². The van der Waals surface area contributed by atoms with Crippen molar-refractivity contribution in [1.82, 2.24) is 0 Å². The van der Waals surface area contributed by atoms with Crippen molar-refractivity contribution in [3.63, 3.8) is 0 Å². The molecule has 0 aliphatic carbocycles. The highest BCUT2D eigenvalue weighted by Gasteiger charge is 2.20. The second-order valence-electron chi connectivity index (χ2n) is 1.94. The summed E-state index contributed by atoms with van der Waals surface area (Å²) in [5, 5.41) is -0.250. The predicted molar refractivity (Wildman–Crippen MR) is 45.3 cm³/mol. The molecule has 0 radical (unpaired) electrons. The number of carbonyl (C=O) groups is 1. The summed E-state index contributed by atoms with van der Waals surface area (Å²) in [5.74, 6) is -0.254. The van der Waals surface area contributed by atoms with Crippen LogP contribution in [0.15, 0.2) is 0 Å². The maximum atomic E-state index is 10.4. The number of thiol groups is 1. The Balaban J connectivity index is 0. The normalized spacial score (nSPS) is 12.5. The molecule has 1 atom stereocenters. The van der Waals surface area contributed by atoms with Gasteiger partial charge in [0.15, 0.2) is 0 Å². The minimum Gasteiger partial charge on any atom is -0.468 e. The van der Waals surface area contributed by atoms with Crippen molar-refractivity contribution in [2.24, 2.45) is 0 Å². The molecule has 13 heavy (non-hydrogen) atoms. The quantitative estimate of drug-likeness (QED) is 0.334. The average Bonchev–Trinajstić information content (AvgIpc) is 1.98. The third-order valence-electron chi connectivity index (χ3n) is 0.860. The monoisotopic (exact) mass is 221 g/mol. The van der Waals surface area contributed by atoms with Crippen molar-refractivity contribution in [3.8, 4) is 0 Å². The van der Waals surface area contributed by atoms with Gasteiger partial charge in [0.05, 0.1) is 12.4 Å². The maximum Gasteiger partial charge on any atom is 0.673 e. The fourth-order valence-electron chi connectivity index (χ4n) is 0.303. The Morgan fingerprint density at radius 3 is 1.85 bits per heavy atom. The van der Waals surface area contributed by atoms with Crippen molar-refractivity contribution >= 4 is 25.9 Å². The lowest BCUT2D eigenvalue weighted by atomic mass is 10.3. The van der Waals surface area contributed by atoms with Crippen LogP contribution in [0.1, 0.15) is 13.3 Å². The van der Waals surface area contributed by atoms with Crippen LogP contribution in [0.3, 0.4) is 0 Å². The van der Waals surface area contributed by atoms with E-state index < -0.39 is 7.25 Å². The summed E-state index contributed by atoms with van der Waals surface area (Å²) in [7, 11) is -4.64. The maximum absolute atomic E-state index is 10.4. The Bertz CT molecular complexity index is 146. The Labute approximate surface area is 79.2 Å². The smallest absolute Gasteiger partial charge is 0.468 e. The molecule has 0 rings (SSSR count). The predicted octanol–water partition coefficient (Wildman–Crippen LogP) is 2.17. The van der Waals surface area contributed by atoms with E-state index in [2.05, 4.69) is 17.4 Å². The lowest BCUT2D eigenvalue weighted by Crippen LogP contribution is -2.14. The fourth-order valence-corrected chi connectivity index (χ4v) is 0.408. The SMILES string of the molecule is CCC(S)C(=O)OC.F[B-](F)(F)F. The zero-order valence-electron chi connectivity index (χ0n) is 7.14. The van der Waals surface area contributed by atoms with E-state index in [9.17, 15) is 22.1 Å². The van der Waals surface area contributed by atoms with Gasteiger partial charge in [0.2, 0.25) is 0 Å². The molecule has 0 aromatic rings. The van der Waals surface area contributed by atoms with Crippen molar-refractivity contribution in [3.05, 3.63) is 0 Å². The van der Waals surface area contributed by atoms with Gasteiger partial charge in [0, 0.05) is 0 Å². The highest BCUT2D eigenvalue weighted by atomic mass is 32.1. The third kappa shape index (κ3) is 18.5. The highest BCUT2D eigenvalue weighted by molar-refractivity contribution is 7.81. The molecule has 0 bridgehead atoms. The van der Waals surface area contributed by atoms with Gasteiger partial charge in [-0.25, -0.2) is 0 Å². The molecule has 0 heterocycles. The van der Waals surface area contributed by atoms with E-state index in [0.717, 1.165) is 6.42 Å². The Hall–Kier alpha value is -0.395. The zero-order chi connectivity index (χ0) is 11.1. The Kier molecular flexibility index (Phi) is 8.19. The van der Waals surface area contributed by atoms with E-state index in [-0.39, 0.29) is 11.2 Å². The molecule has 0 aliphatic rings. The van der Waals surface area contributed by atoms with Gasteiger partial charge in [0.1, 0.15) is 0 Å². The molecule has 0 aromatic heterocycles. The molecule has 0 N–H and O–H groups in total. The van der Waals surface area contributed by atoms with Gasteiger partial charge in [-0.3, -0.25) is 4.79 Å². The van der Waals surface area contributed by atoms with Crippen LogP contribution in [-0.2, 0) is 9.53 Å². The minimum absolute atomic E-state index is 0.250. The average molecular weight is 221 g/mol. The number of methoxy groups -OCH3 is 1. The first kappa shape index (κ1) is 15.1. The lowest BCUT2D eigenvalue weighted by molar-refractivity contribution is -0.139. The second kappa shape index (κ2) is 7.05. The van der Waals surface area contributed by atoms with Gasteiger partial charge in [-0.1, -0.05) is 6.92 Å².